The number of hydrogen-bond donors (Lipinski definition) is 1. The molecule has 1 aromatic heterocycles. The van der Waals surface area contributed by atoms with Crippen LogP contribution in [0.4, 0.5) is 4.79 Å². The van der Waals surface area contributed by atoms with Gasteiger partial charge in [-0.2, -0.15) is 0 Å². The molecule has 1 fully saturated rings. The van der Waals surface area contributed by atoms with Crippen LogP contribution in [0.25, 0.3) is 10.4 Å². The predicted octanol–water partition coefficient (Wildman–Crippen LogP) is 7.00. The number of aromatic nitrogens is 1. The van der Waals surface area contributed by atoms with Gasteiger partial charge in [0.05, 0.1) is 38.7 Å². The predicted molar refractivity (Wildman–Crippen MR) is 164 cm³/mol. The molecule has 2 aromatic carbocycles. The maximum atomic E-state index is 14.1. The second-order valence-electron chi connectivity index (χ2n) is 11.4. The van der Waals surface area contributed by atoms with Crippen molar-refractivity contribution < 1.29 is 27.5 Å². The lowest BCUT2D eigenvalue weighted by molar-refractivity contribution is -0.146. The van der Waals surface area contributed by atoms with E-state index >= 15 is 0 Å². The fraction of sp³-hybridized carbons (Fsp3) is 0.469. The van der Waals surface area contributed by atoms with Crippen LogP contribution in [0.15, 0.2) is 59.6 Å². The van der Waals surface area contributed by atoms with Gasteiger partial charge in [0.25, 0.3) is 0 Å². The van der Waals surface area contributed by atoms with E-state index in [-0.39, 0.29) is 41.6 Å². The lowest BCUT2D eigenvalue weighted by atomic mass is 9.86. The number of thiazole rings is 1. The van der Waals surface area contributed by atoms with E-state index < -0.39 is 21.1 Å². The SMILES string of the molecule is CC(C)OC(=O)Cc1ccc(-c2cnc([C@H]3CC[C@H](NC(=O)OC(C)C)CC3)s2)c(S(=O)(=O)C(C)c2ccccc2)c1. The summed E-state index contributed by atoms with van der Waals surface area (Å²) in [4.78, 5) is 30.0. The summed E-state index contributed by atoms with van der Waals surface area (Å²) < 4.78 is 38.6. The number of nitrogens with zero attached hydrogens (tertiary/aromatic N) is 1. The molecule has 10 heteroatoms. The third-order valence-corrected chi connectivity index (χ3v) is 10.7. The van der Waals surface area contributed by atoms with Gasteiger partial charge in [0, 0.05) is 23.7 Å². The van der Waals surface area contributed by atoms with Gasteiger partial charge in [0.1, 0.15) is 0 Å². The van der Waals surface area contributed by atoms with E-state index in [2.05, 4.69) is 5.32 Å². The fourth-order valence-electron chi connectivity index (χ4n) is 5.18. The van der Waals surface area contributed by atoms with Crippen molar-refractivity contribution in [1.29, 1.82) is 0 Å². The minimum Gasteiger partial charge on any atom is -0.463 e. The quantitative estimate of drug-likeness (QED) is 0.245. The molecule has 0 spiro atoms. The molecule has 226 valence electrons. The van der Waals surface area contributed by atoms with Crippen molar-refractivity contribution in [3.63, 3.8) is 0 Å². The molecule has 1 heterocycles. The molecular formula is C32H40N2O6S2. The van der Waals surface area contributed by atoms with Gasteiger partial charge in [0.15, 0.2) is 9.84 Å². The lowest BCUT2D eigenvalue weighted by Crippen LogP contribution is -2.38. The first-order chi connectivity index (χ1) is 19.9. The van der Waals surface area contributed by atoms with E-state index in [1.54, 1.807) is 45.2 Å². The molecule has 1 amide bonds. The molecule has 0 bridgehead atoms. The summed E-state index contributed by atoms with van der Waals surface area (Å²) in [7, 11) is -3.82. The number of esters is 1. The number of nitrogens with one attached hydrogen (secondary N) is 1. The lowest BCUT2D eigenvalue weighted by Gasteiger charge is -2.28. The molecule has 1 N–H and O–H groups in total. The Bertz CT molecular complexity index is 1480. The highest BCUT2D eigenvalue weighted by molar-refractivity contribution is 7.91. The van der Waals surface area contributed by atoms with E-state index in [1.165, 1.54) is 11.3 Å². The molecule has 0 radical (unpaired) electrons. The van der Waals surface area contributed by atoms with Gasteiger partial charge in [-0.3, -0.25) is 4.79 Å². The van der Waals surface area contributed by atoms with E-state index in [1.807, 2.05) is 44.2 Å². The van der Waals surface area contributed by atoms with Crippen molar-refractivity contribution in [2.45, 2.75) is 101 Å². The van der Waals surface area contributed by atoms with E-state index in [0.717, 1.165) is 35.6 Å². The average molecular weight is 613 g/mol. The Morgan fingerprint density at radius 3 is 2.26 bits per heavy atom. The molecule has 0 saturated heterocycles. The number of sulfone groups is 1. The first-order valence-corrected chi connectivity index (χ1v) is 16.8. The van der Waals surface area contributed by atoms with Crippen LogP contribution >= 0.6 is 11.3 Å². The van der Waals surface area contributed by atoms with E-state index in [4.69, 9.17) is 14.5 Å². The van der Waals surface area contributed by atoms with Crippen LogP contribution in [0, 0.1) is 0 Å². The summed E-state index contributed by atoms with van der Waals surface area (Å²) in [5.74, 6) is -0.170. The molecule has 0 aliphatic heterocycles. The van der Waals surface area contributed by atoms with E-state index in [0.29, 0.717) is 16.7 Å². The largest absolute Gasteiger partial charge is 0.463 e. The van der Waals surface area contributed by atoms with Gasteiger partial charge in [-0.1, -0.05) is 42.5 Å². The summed E-state index contributed by atoms with van der Waals surface area (Å²) in [5, 5.41) is 3.12. The van der Waals surface area contributed by atoms with Gasteiger partial charge >= 0.3 is 12.1 Å². The molecule has 8 nitrogen and oxygen atoms in total. The topological polar surface area (TPSA) is 112 Å². The molecule has 1 aliphatic carbocycles. The number of carbonyl (C=O) groups excluding carboxylic acids is 2. The fourth-order valence-corrected chi connectivity index (χ4v) is 8.07. The van der Waals surface area contributed by atoms with E-state index in [9.17, 15) is 18.0 Å². The van der Waals surface area contributed by atoms with Crippen LogP contribution in [0.1, 0.15) is 87.6 Å². The first kappa shape index (κ1) is 31.7. The first-order valence-electron chi connectivity index (χ1n) is 14.5. The Labute approximate surface area is 252 Å². The second-order valence-corrected chi connectivity index (χ2v) is 14.7. The highest BCUT2D eigenvalue weighted by Crippen LogP contribution is 2.41. The van der Waals surface area contributed by atoms with Crippen molar-refractivity contribution in [3.8, 4) is 10.4 Å². The number of alkyl carbamates (subject to hydrolysis) is 1. The normalized spacial score (nSPS) is 18.1. The highest BCUT2D eigenvalue weighted by Gasteiger charge is 2.30. The van der Waals surface area contributed by atoms with Crippen LogP contribution in [-0.4, -0.2) is 43.7 Å². The number of hydrogen-bond acceptors (Lipinski definition) is 8. The van der Waals surface area contributed by atoms with Gasteiger partial charge in [-0.15, -0.1) is 11.3 Å². The van der Waals surface area contributed by atoms with Gasteiger partial charge in [0.2, 0.25) is 0 Å². The summed E-state index contributed by atoms with van der Waals surface area (Å²) in [6.07, 6.45) is 4.30. The van der Waals surface area contributed by atoms with Crippen molar-refractivity contribution >= 4 is 33.2 Å². The maximum absolute atomic E-state index is 14.1. The highest BCUT2D eigenvalue weighted by atomic mass is 32.2. The van der Waals surface area contributed by atoms with Gasteiger partial charge in [-0.25, -0.2) is 18.2 Å². The second kappa shape index (κ2) is 13.8. The summed E-state index contributed by atoms with van der Waals surface area (Å²) >= 11 is 1.50. The summed E-state index contributed by atoms with van der Waals surface area (Å²) in [6, 6.07) is 14.4. The smallest absolute Gasteiger partial charge is 0.407 e. The Balaban J connectivity index is 1.59. The number of benzene rings is 2. The third kappa shape index (κ3) is 7.98. The molecule has 4 rings (SSSR count). The molecule has 3 aromatic rings. The Morgan fingerprint density at radius 2 is 1.62 bits per heavy atom. The molecule has 42 heavy (non-hydrogen) atoms. The van der Waals surface area contributed by atoms with Crippen LogP contribution in [0.5, 0.6) is 0 Å². The minimum atomic E-state index is -3.82. The zero-order valence-electron chi connectivity index (χ0n) is 24.8. The molecule has 1 saturated carbocycles. The zero-order chi connectivity index (χ0) is 30.4. The molecular weight excluding hydrogens is 572 g/mol. The number of carbonyl (C=O) groups is 2. The van der Waals surface area contributed by atoms with Crippen molar-refractivity contribution in [2.24, 2.45) is 0 Å². The monoisotopic (exact) mass is 612 g/mol. The van der Waals surface area contributed by atoms with Gasteiger partial charge in [-0.05, 0) is 77.5 Å². The summed E-state index contributed by atoms with van der Waals surface area (Å²) in [5.41, 5.74) is 1.85. The van der Waals surface area contributed by atoms with Crippen molar-refractivity contribution in [2.75, 3.05) is 0 Å². The average Bonchev–Trinajstić information content (AvgIpc) is 3.43. The number of amides is 1. The van der Waals surface area contributed by atoms with Crippen LogP contribution in [-0.2, 0) is 30.5 Å². The Hall–Kier alpha value is -3.24. The van der Waals surface area contributed by atoms with Crippen molar-refractivity contribution in [3.05, 3.63) is 70.9 Å². The Morgan fingerprint density at radius 1 is 0.952 bits per heavy atom. The Kier molecular flexibility index (Phi) is 10.4. The number of rotatable bonds is 10. The van der Waals surface area contributed by atoms with Crippen molar-refractivity contribution in [1.82, 2.24) is 10.3 Å². The van der Waals surface area contributed by atoms with Crippen LogP contribution < -0.4 is 5.32 Å². The minimum absolute atomic E-state index is 0.0172. The summed E-state index contributed by atoms with van der Waals surface area (Å²) in [6.45, 7) is 8.90. The zero-order valence-corrected chi connectivity index (χ0v) is 26.5. The van der Waals surface area contributed by atoms with Crippen LogP contribution in [0.3, 0.4) is 0 Å². The molecule has 1 atom stereocenters. The van der Waals surface area contributed by atoms with Gasteiger partial charge < -0.3 is 14.8 Å². The molecule has 1 aliphatic rings. The number of ether oxygens (including phenoxy) is 2. The molecule has 1 unspecified atom stereocenters. The van der Waals surface area contributed by atoms with Crippen LogP contribution in [0.2, 0.25) is 0 Å². The standard InChI is InChI=1S/C32H40N2O6S2/c1-20(2)39-30(35)18-23-11-16-27(29(17-23)42(37,38)22(5)24-9-7-6-8-10-24)28-19-33-31(41-28)25-12-14-26(15-13-25)34-32(36)40-21(3)4/h6-11,16-17,19-22,25-26H,12-15,18H2,1-5H3,(H,34,36)/t22?,25-,26-. The maximum Gasteiger partial charge on any atom is 0.407 e. The third-order valence-electron chi connectivity index (χ3n) is 7.33.